The fourth-order valence-corrected chi connectivity index (χ4v) is 15.8. The molecule has 2 heteroatoms. The van der Waals surface area contributed by atoms with Crippen LogP contribution >= 0.6 is 0 Å². The van der Waals surface area contributed by atoms with Crippen molar-refractivity contribution in [2.24, 2.45) is 0 Å². The molecule has 0 bridgehead atoms. The molecule has 0 aromatic heterocycles. The van der Waals surface area contributed by atoms with Crippen molar-refractivity contribution < 1.29 is 0 Å². The topological polar surface area (TPSA) is 6.48 Å². The molecule has 0 saturated heterocycles. The van der Waals surface area contributed by atoms with Gasteiger partial charge in [0.15, 0.2) is 0 Å². The lowest BCUT2D eigenvalue weighted by molar-refractivity contribution is 0.793. The lowest BCUT2D eigenvalue weighted by Gasteiger charge is -2.32. The molecule has 0 atom stereocenters. The van der Waals surface area contributed by atoms with Crippen molar-refractivity contribution in [3.8, 4) is 77.9 Å². The second-order valence-electron chi connectivity index (χ2n) is 23.8. The number of hydrogen-bond donors (Lipinski definition) is 0. The minimum absolute atomic E-state index is 0.427. The summed E-state index contributed by atoms with van der Waals surface area (Å²) in [7, 11) is 0. The zero-order valence-corrected chi connectivity index (χ0v) is 48.2. The molecule has 2 spiro atoms. The second kappa shape index (κ2) is 19.6. The molecule has 410 valence electrons. The van der Waals surface area contributed by atoms with E-state index in [1.165, 1.54) is 117 Å². The molecule has 18 rings (SSSR count). The maximum Gasteiger partial charge on any atom is 0.0726 e. The van der Waals surface area contributed by atoms with Crippen molar-refractivity contribution in [2.75, 3.05) is 9.80 Å². The molecule has 4 aliphatic rings. The zero-order valence-electron chi connectivity index (χ0n) is 48.2. The van der Waals surface area contributed by atoms with Gasteiger partial charge in [0.2, 0.25) is 0 Å². The van der Waals surface area contributed by atoms with Crippen molar-refractivity contribution in [2.45, 2.75) is 10.8 Å². The first kappa shape index (κ1) is 50.0. The normalized spacial score (nSPS) is 13.4. The predicted octanol–water partition coefficient (Wildman–Crippen LogP) is 22.3. The van der Waals surface area contributed by atoms with Crippen molar-refractivity contribution in [3.05, 3.63) is 384 Å². The van der Waals surface area contributed by atoms with E-state index in [-0.39, 0.29) is 0 Å². The summed E-state index contributed by atoms with van der Waals surface area (Å²) in [6.45, 7) is 0. The molecule has 14 aromatic rings. The van der Waals surface area contributed by atoms with Crippen LogP contribution in [0.5, 0.6) is 0 Å². The quantitative estimate of drug-likeness (QED) is 0.142. The highest BCUT2D eigenvalue weighted by Gasteiger charge is 2.53. The third-order valence-corrected chi connectivity index (χ3v) is 19.5. The van der Waals surface area contributed by atoms with E-state index in [4.69, 9.17) is 0 Å². The lowest BCUT2D eigenvalue weighted by atomic mass is 9.70. The highest BCUT2D eigenvalue weighted by Crippen LogP contribution is 2.65. The van der Waals surface area contributed by atoms with Crippen molar-refractivity contribution in [1.82, 2.24) is 0 Å². The number of rotatable bonds is 9. The Morgan fingerprint density at radius 3 is 0.648 bits per heavy atom. The summed E-state index contributed by atoms with van der Waals surface area (Å²) in [5.74, 6) is 0. The van der Waals surface area contributed by atoms with E-state index in [0.717, 1.165) is 39.7 Å². The summed E-state index contributed by atoms with van der Waals surface area (Å²) < 4.78 is 0. The van der Waals surface area contributed by atoms with E-state index in [0.29, 0.717) is 0 Å². The summed E-state index contributed by atoms with van der Waals surface area (Å²) in [6, 6.07) is 126. The molecular weight excluding hydrogens is 1060 g/mol. The molecule has 4 aliphatic carbocycles. The van der Waals surface area contributed by atoms with Crippen LogP contribution in [0.25, 0.3) is 77.9 Å². The van der Waals surface area contributed by atoms with Crippen LogP contribution in [-0.2, 0) is 10.8 Å². The molecule has 14 aromatic carbocycles. The van der Waals surface area contributed by atoms with E-state index >= 15 is 0 Å². The number of para-hydroxylation sites is 1. The van der Waals surface area contributed by atoms with E-state index < -0.39 is 10.8 Å². The first-order valence-corrected chi connectivity index (χ1v) is 30.6. The van der Waals surface area contributed by atoms with E-state index in [9.17, 15) is 0 Å². The van der Waals surface area contributed by atoms with Gasteiger partial charge >= 0.3 is 0 Å². The molecule has 0 heterocycles. The Morgan fingerprint density at radius 2 is 0.352 bits per heavy atom. The van der Waals surface area contributed by atoms with Crippen LogP contribution in [0.1, 0.15) is 44.5 Å². The molecule has 0 fully saturated rings. The fraction of sp³-hybridized carbons (Fsp3) is 0.0233. The third-order valence-electron chi connectivity index (χ3n) is 19.5. The zero-order chi connectivity index (χ0) is 57.9. The first-order valence-electron chi connectivity index (χ1n) is 30.6. The van der Waals surface area contributed by atoms with Gasteiger partial charge in [-0.2, -0.15) is 0 Å². The molecule has 88 heavy (non-hydrogen) atoms. The lowest BCUT2D eigenvalue weighted by Crippen LogP contribution is -2.26. The molecule has 0 unspecified atom stereocenters. The summed E-state index contributed by atoms with van der Waals surface area (Å²) in [4.78, 5) is 4.84. The number of nitrogens with zero attached hydrogens (tertiary/aromatic N) is 2. The highest BCUT2D eigenvalue weighted by molar-refractivity contribution is 5.99. The minimum Gasteiger partial charge on any atom is -0.310 e. The van der Waals surface area contributed by atoms with Crippen molar-refractivity contribution >= 4 is 34.1 Å². The first-order chi connectivity index (χ1) is 43.6. The summed E-state index contributed by atoms with van der Waals surface area (Å²) in [6.07, 6.45) is 0. The summed E-state index contributed by atoms with van der Waals surface area (Å²) >= 11 is 0. The fourth-order valence-electron chi connectivity index (χ4n) is 15.8. The number of fused-ring (bicyclic) bond motifs is 20. The van der Waals surface area contributed by atoms with Gasteiger partial charge in [0.25, 0.3) is 0 Å². The van der Waals surface area contributed by atoms with Gasteiger partial charge in [-0.3, -0.25) is 0 Å². The monoisotopic (exact) mass is 1120 g/mol. The molecule has 0 N–H and O–H groups in total. The maximum absolute atomic E-state index is 2.48. The van der Waals surface area contributed by atoms with Gasteiger partial charge in [0, 0.05) is 34.1 Å². The molecule has 0 aliphatic heterocycles. The van der Waals surface area contributed by atoms with Gasteiger partial charge in [-0.25, -0.2) is 0 Å². The molecule has 0 saturated carbocycles. The van der Waals surface area contributed by atoms with Gasteiger partial charge in [0.1, 0.15) is 0 Å². The van der Waals surface area contributed by atoms with E-state index in [1.807, 2.05) is 0 Å². The van der Waals surface area contributed by atoms with Crippen molar-refractivity contribution in [1.29, 1.82) is 0 Å². The minimum atomic E-state index is -0.448. The molecule has 0 radical (unpaired) electrons. The van der Waals surface area contributed by atoms with Gasteiger partial charge in [-0.05, 0) is 195 Å². The van der Waals surface area contributed by atoms with Crippen LogP contribution in [0.3, 0.4) is 0 Å². The Balaban J connectivity index is 0.682. The third kappa shape index (κ3) is 7.24. The average molecular weight is 1120 g/mol. The van der Waals surface area contributed by atoms with Crippen LogP contribution < -0.4 is 9.80 Å². The Labute approximate surface area is 513 Å². The predicted molar refractivity (Wildman–Crippen MR) is 365 cm³/mol. The second-order valence-corrected chi connectivity index (χ2v) is 23.8. The van der Waals surface area contributed by atoms with Crippen LogP contribution in [0.2, 0.25) is 0 Å². The molecule has 0 amide bonds. The summed E-state index contributed by atoms with van der Waals surface area (Å²) in [5.41, 5.74) is 33.9. The summed E-state index contributed by atoms with van der Waals surface area (Å²) in [5, 5.41) is 0. The van der Waals surface area contributed by atoms with Crippen molar-refractivity contribution in [3.63, 3.8) is 0 Å². The van der Waals surface area contributed by atoms with Gasteiger partial charge in [-0.15, -0.1) is 0 Å². The van der Waals surface area contributed by atoms with E-state index in [1.54, 1.807) is 0 Å². The van der Waals surface area contributed by atoms with Gasteiger partial charge < -0.3 is 9.80 Å². The van der Waals surface area contributed by atoms with Crippen LogP contribution in [-0.4, -0.2) is 0 Å². The SMILES string of the molecule is c1ccc(-c2ccc(N(c3ccc(-c4ccc(-c5ccc(N(c6ccccc6)c6ccc7c(c6)C6(c8ccccc8-c8ccccc86)c6ccccc6-7)cc5)cc4)cc3)c3ccc4c(c3)C3(c5ccccc5-c5ccccc53)c3ccccc3-4)cc2)cc1. The van der Waals surface area contributed by atoms with E-state index in [2.05, 4.69) is 350 Å². The Hall–Kier alpha value is -11.3. The van der Waals surface area contributed by atoms with Crippen LogP contribution in [0.4, 0.5) is 34.1 Å². The number of benzene rings is 14. The Morgan fingerprint density at radius 1 is 0.148 bits per heavy atom. The smallest absolute Gasteiger partial charge is 0.0726 e. The average Bonchev–Trinajstić information content (AvgIpc) is 1.55. The van der Waals surface area contributed by atoms with Crippen LogP contribution in [0.15, 0.2) is 340 Å². The molecular formula is C86H56N2. The Bertz CT molecular complexity index is 4930. The standard InChI is InChI=1S/C86H56N2/c1-3-19-57(20-4-1)60-39-45-65(46-40-60)88(68-52-54-76-74-28-12-18-34-82(74)86(84(76)56-68)79-31-15-9-25-71(79)72-26-10-16-32-80(72)86)66-49-43-62(44-50-66)59-37-35-58(36-38-59)61-41-47-64(48-42-61)87(63-21-5-2-6-22-63)67-51-53-75-73-27-11-17-33-81(73)85(83(75)55-67)77-29-13-7-23-69(77)70-24-8-14-30-78(70)85/h1-56H. The Kier molecular flexibility index (Phi) is 11.2. The largest absolute Gasteiger partial charge is 0.310 e. The molecule has 2 nitrogen and oxygen atoms in total. The maximum atomic E-state index is 2.48. The van der Waals surface area contributed by atoms with Crippen LogP contribution in [0, 0.1) is 0 Å². The van der Waals surface area contributed by atoms with Gasteiger partial charge in [-0.1, -0.05) is 267 Å². The highest BCUT2D eigenvalue weighted by atomic mass is 15.1. The number of anilines is 6. The number of hydrogen-bond acceptors (Lipinski definition) is 2. The van der Waals surface area contributed by atoms with Gasteiger partial charge in [0.05, 0.1) is 10.8 Å².